The topological polar surface area (TPSA) is 120 Å². The molecule has 0 spiro atoms. The number of hydrogen-bond donors (Lipinski definition) is 2. The number of nitrogens with zero attached hydrogens (tertiary/aromatic N) is 3. The SMILES string of the molecule is CCCc1c(C(N)=O)nn(-c2ccc(OC)cc2)c1C(=O)Nc1ccc(N2CCCCC2=O)cc1C. The summed E-state index contributed by atoms with van der Waals surface area (Å²) in [6, 6.07) is 12.6. The minimum absolute atomic E-state index is 0.0773. The van der Waals surface area contributed by atoms with E-state index in [0.29, 0.717) is 48.5 Å². The minimum atomic E-state index is -0.688. The molecule has 0 aliphatic carbocycles. The average Bonchev–Trinajstić information content (AvgIpc) is 3.25. The molecule has 9 heteroatoms. The van der Waals surface area contributed by atoms with Crippen molar-refractivity contribution in [3.05, 3.63) is 65.0 Å². The van der Waals surface area contributed by atoms with Crippen molar-refractivity contribution >= 4 is 29.1 Å². The Labute approximate surface area is 210 Å². The van der Waals surface area contributed by atoms with Gasteiger partial charge >= 0.3 is 0 Å². The molecular weight excluding hydrogens is 458 g/mol. The molecule has 1 aliphatic rings. The second-order valence-corrected chi connectivity index (χ2v) is 8.86. The van der Waals surface area contributed by atoms with Gasteiger partial charge in [-0.1, -0.05) is 13.3 Å². The molecule has 2 aromatic carbocycles. The molecule has 0 unspecified atom stereocenters. The lowest BCUT2D eigenvalue weighted by Gasteiger charge is -2.27. The Bertz CT molecular complexity index is 1300. The van der Waals surface area contributed by atoms with Crippen molar-refractivity contribution in [2.75, 3.05) is 23.9 Å². The van der Waals surface area contributed by atoms with Crippen LogP contribution in [0.5, 0.6) is 5.75 Å². The summed E-state index contributed by atoms with van der Waals surface area (Å²) in [7, 11) is 1.57. The third-order valence-electron chi connectivity index (χ3n) is 6.34. The summed E-state index contributed by atoms with van der Waals surface area (Å²) >= 11 is 0. The van der Waals surface area contributed by atoms with Crippen LogP contribution in [0.25, 0.3) is 5.69 Å². The standard InChI is InChI=1S/C27H31N5O4/c1-4-7-21-24(26(28)34)30-32(18-9-12-20(36-3)13-10-18)25(21)27(35)29-22-14-11-19(16-17(22)2)31-15-6-5-8-23(31)33/h9-14,16H,4-8,15H2,1-3H3,(H2,28,34)(H,29,35). The Morgan fingerprint density at radius 2 is 1.83 bits per heavy atom. The summed E-state index contributed by atoms with van der Waals surface area (Å²) in [4.78, 5) is 40.0. The van der Waals surface area contributed by atoms with Crippen LogP contribution in [-0.2, 0) is 11.2 Å². The third kappa shape index (κ3) is 4.95. The molecule has 3 amide bonds. The number of amides is 3. The van der Waals surface area contributed by atoms with E-state index in [4.69, 9.17) is 10.5 Å². The van der Waals surface area contributed by atoms with E-state index in [1.807, 2.05) is 26.0 Å². The molecule has 3 aromatic rings. The first-order valence-corrected chi connectivity index (χ1v) is 12.1. The number of nitrogens with one attached hydrogen (secondary N) is 1. The van der Waals surface area contributed by atoms with Gasteiger partial charge in [-0.15, -0.1) is 0 Å². The van der Waals surface area contributed by atoms with Crippen molar-refractivity contribution in [3.8, 4) is 11.4 Å². The predicted octanol–water partition coefficient (Wildman–Crippen LogP) is 4.01. The maximum absolute atomic E-state index is 13.6. The lowest BCUT2D eigenvalue weighted by Crippen LogP contribution is -2.35. The summed E-state index contributed by atoms with van der Waals surface area (Å²) in [5, 5.41) is 7.39. The molecule has 4 rings (SSSR count). The number of carbonyl (C=O) groups is 3. The number of aromatic nitrogens is 2. The monoisotopic (exact) mass is 489 g/mol. The highest BCUT2D eigenvalue weighted by atomic mass is 16.5. The van der Waals surface area contributed by atoms with Crippen LogP contribution in [0.1, 0.15) is 64.7 Å². The molecular formula is C27H31N5O4. The van der Waals surface area contributed by atoms with Gasteiger partial charge in [0.2, 0.25) is 5.91 Å². The van der Waals surface area contributed by atoms with Crippen molar-refractivity contribution in [3.63, 3.8) is 0 Å². The van der Waals surface area contributed by atoms with Crippen LogP contribution < -0.4 is 20.7 Å². The van der Waals surface area contributed by atoms with Crippen molar-refractivity contribution in [1.82, 2.24) is 9.78 Å². The lowest BCUT2D eigenvalue weighted by atomic mass is 10.1. The van der Waals surface area contributed by atoms with E-state index in [1.54, 1.807) is 42.3 Å². The number of methoxy groups -OCH3 is 1. The Kier molecular flexibility index (Phi) is 7.38. The second-order valence-electron chi connectivity index (χ2n) is 8.86. The smallest absolute Gasteiger partial charge is 0.274 e. The van der Waals surface area contributed by atoms with E-state index in [0.717, 1.165) is 24.1 Å². The first kappa shape index (κ1) is 25.0. The number of hydrogen-bond acceptors (Lipinski definition) is 5. The second kappa shape index (κ2) is 10.6. The van der Waals surface area contributed by atoms with Crippen LogP contribution in [0.3, 0.4) is 0 Å². The normalized spacial score (nSPS) is 13.5. The van der Waals surface area contributed by atoms with Crippen LogP contribution >= 0.6 is 0 Å². The molecule has 1 aromatic heterocycles. The van der Waals surface area contributed by atoms with Gasteiger partial charge in [-0.2, -0.15) is 5.10 Å². The highest BCUT2D eigenvalue weighted by Crippen LogP contribution is 2.28. The van der Waals surface area contributed by atoms with Crippen LogP contribution in [0, 0.1) is 6.92 Å². The molecule has 1 fully saturated rings. The number of rotatable bonds is 8. The number of nitrogens with two attached hydrogens (primary N) is 1. The number of piperidine rings is 1. The van der Waals surface area contributed by atoms with Gasteiger partial charge in [0.05, 0.1) is 12.8 Å². The molecule has 0 saturated carbocycles. The largest absolute Gasteiger partial charge is 0.497 e. The lowest BCUT2D eigenvalue weighted by molar-refractivity contribution is -0.119. The number of benzene rings is 2. The zero-order chi connectivity index (χ0) is 25.8. The fourth-order valence-corrected chi connectivity index (χ4v) is 4.50. The van der Waals surface area contributed by atoms with Crippen LogP contribution in [0.4, 0.5) is 11.4 Å². The Balaban J connectivity index is 1.71. The molecule has 0 bridgehead atoms. The molecule has 0 radical (unpaired) electrons. The van der Waals surface area contributed by atoms with Crippen molar-refractivity contribution in [2.45, 2.75) is 46.0 Å². The van der Waals surface area contributed by atoms with Gasteiger partial charge in [0.1, 0.15) is 11.4 Å². The summed E-state index contributed by atoms with van der Waals surface area (Å²) in [5.41, 5.74) is 9.32. The molecule has 0 atom stereocenters. The molecule has 1 saturated heterocycles. The number of primary amides is 1. The van der Waals surface area contributed by atoms with Crippen LogP contribution in [-0.4, -0.2) is 41.2 Å². The summed E-state index contributed by atoms with van der Waals surface area (Å²) in [6.45, 7) is 4.54. The zero-order valence-corrected chi connectivity index (χ0v) is 20.8. The minimum Gasteiger partial charge on any atom is -0.497 e. The van der Waals surface area contributed by atoms with Gasteiger partial charge < -0.3 is 20.7 Å². The van der Waals surface area contributed by atoms with E-state index in [9.17, 15) is 14.4 Å². The molecule has 188 valence electrons. The van der Waals surface area contributed by atoms with Crippen molar-refractivity contribution in [1.29, 1.82) is 0 Å². The van der Waals surface area contributed by atoms with Gasteiger partial charge in [0.25, 0.3) is 11.8 Å². The van der Waals surface area contributed by atoms with Gasteiger partial charge in [-0.05, 0) is 74.2 Å². The van der Waals surface area contributed by atoms with Crippen molar-refractivity contribution < 1.29 is 19.1 Å². The Morgan fingerprint density at radius 3 is 2.44 bits per heavy atom. The van der Waals surface area contributed by atoms with Gasteiger partial charge in [0.15, 0.2) is 5.69 Å². The summed E-state index contributed by atoms with van der Waals surface area (Å²) in [6.07, 6.45) is 3.60. The molecule has 9 nitrogen and oxygen atoms in total. The summed E-state index contributed by atoms with van der Waals surface area (Å²) in [5.74, 6) is -0.321. The number of aryl methyl sites for hydroxylation is 1. The fraction of sp³-hybridized carbons (Fsp3) is 0.333. The fourth-order valence-electron chi connectivity index (χ4n) is 4.50. The Hall–Kier alpha value is -4.14. The van der Waals surface area contributed by atoms with Crippen LogP contribution in [0.2, 0.25) is 0 Å². The van der Waals surface area contributed by atoms with Crippen LogP contribution in [0.15, 0.2) is 42.5 Å². The van der Waals surface area contributed by atoms with Gasteiger partial charge in [-0.25, -0.2) is 4.68 Å². The van der Waals surface area contributed by atoms with E-state index < -0.39 is 11.8 Å². The van der Waals surface area contributed by atoms with Gasteiger partial charge in [0, 0.05) is 29.9 Å². The molecule has 2 heterocycles. The quantitative estimate of drug-likeness (QED) is 0.495. The maximum atomic E-state index is 13.6. The van der Waals surface area contributed by atoms with E-state index in [1.165, 1.54) is 4.68 Å². The summed E-state index contributed by atoms with van der Waals surface area (Å²) < 4.78 is 6.69. The number of carbonyl (C=O) groups excluding carboxylic acids is 3. The first-order valence-electron chi connectivity index (χ1n) is 12.1. The predicted molar refractivity (Wildman–Crippen MR) is 138 cm³/mol. The molecule has 1 aliphatic heterocycles. The third-order valence-corrected chi connectivity index (χ3v) is 6.34. The van der Waals surface area contributed by atoms with E-state index >= 15 is 0 Å². The zero-order valence-electron chi connectivity index (χ0n) is 20.8. The molecule has 3 N–H and O–H groups in total. The highest BCUT2D eigenvalue weighted by molar-refractivity contribution is 6.07. The Morgan fingerprint density at radius 1 is 1.11 bits per heavy atom. The molecule has 36 heavy (non-hydrogen) atoms. The number of ether oxygens (including phenoxy) is 1. The average molecular weight is 490 g/mol. The maximum Gasteiger partial charge on any atom is 0.274 e. The first-order chi connectivity index (χ1) is 17.3. The van der Waals surface area contributed by atoms with Gasteiger partial charge in [-0.3, -0.25) is 14.4 Å². The van der Waals surface area contributed by atoms with E-state index in [-0.39, 0.29) is 17.3 Å². The highest BCUT2D eigenvalue weighted by Gasteiger charge is 2.27. The number of anilines is 2. The van der Waals surface area contributed by atoms with Crippen molar-refractivity contribution in [2.24, 2.45) is 5.73 Å². The van der Waals surface area contributed by atoms with E-state index in [2.05, 4.69) is 10.4 Å².